The van der Waals surface area contributed by atoms with Gasteiger partial charge in [0.25, 0.3) is 0 Å². The molecule has 8 heteroatoms. The average Bonchev–Trinajstić information content (AvgIpc) is 2.72. The highest BCUT2D eigenvalue weighted by molar-refractivity contribution is 5.93. The van der Waals surface area contributed by atoms with E-state index in [9.17, 15) is 23.5 Å². The normalized spacial score (nSPS) is 21.4. The Morgan fingerprint density at radius 2 is 2.00 bits per heavy atom. The third-order valence-corrected chi connectivity index (χ3v) is 3.27. The van der Waals surface area contributed by atoms with Crippen LogP contribution in [-0.4, -0.2) is 45.8 Å². The molecule has 0 saturated carbocycles. The maximum absolute atomic E-state index is 13.6. The van der Waals surface area contributed by atoms with Crippen molar-refractivity contribution in [1.29, 1.82) is 0 Å². The Bertz CT molecular complexity index is 604. The summed E-state index contributed by atoms with van der Waals surface area (Å²) in [5, 5.41) is 20.7. The number of rotatable bonds is 2. The second-order valence-electron chi connectivity index (χ2n) is 5.22. The number of benzene rings is 1. The van der Waals surface area contributed by atoms with Crippen LogP contribution < -0.4 is 5.32 Å². The number of carbonyl (C=O) groups is 2. The van der Waals surface area contributed by atoms with Gasteiger partial charge < -0.3 is 20.4 Å². The molecule has 0 bridgehead atoms. The number of likely N-dealkylation sites (tertiary alicyclic amines) is 1. The third kappa shape index (κ3) is 3.27. The van der Waals surface area contributed by atoms with Gasteiger partial charge in [-0.25, -0.2) is 18.4 Å². The number of hydrogen-bond donors (Lipinski definition) is 3. The van der Waals surface area contributed by atoms with Gasteiger partial charge in [0.15, 0.2) is 0 Å². The fourth-order valence-electron chi connectivity index (χ4n) is 2.12. The minimum Gasteiger partial charge on any atom is -0.478 e. The van der Waals surface area contributed by atoms with Crippen LogP contribution in [0, 0.1) is 11.6 Å². The summed E-state index contributed by atoms with van der Waals surface area (Å²) < 4.78 is 26.8. The van der Waals surface area contributed by atoms with Crippen LogP contribution >= 0.6 is 0 Å². The van der Waals surface area contributed by atoms with Gasteiger partial charge in [0.05, 0.1) is 23.4 Å². The van der Waals surface area contributed by atoms with E-state index in [2.05, 4.69) is 5.32 Å². The first-order chi connectivity index (χ1) is 9.69. The molecule has 2 amide bonds. The van der Waals surface area contributed by atoms with E-state index in [0.717, 1.165) is 6.07 Å². The molecular weight excluding hydrogens is 286 g/mol. The van der Waals surface area contributed by atoms with Crippen LogP contribution in [0.5, 0.6) is 0 Å². The zero-order valence-corrected chi connectivity index (χ0v) is 11.2. The minimum atomic E-state index is -1.56. The van der Waals surface area contributed by atoms with Crippen molar-refractivity contribution < 1.29 is 28.6 Å². The van der Waals surface area contributed by atoms with Gasteiger partial charge in [-0.3, -0.25) is 0 Å². The van der Waals surface area contributed by atoms with Crippen LogP contribution in [0.1, 0.15) is 23.7 Å². The van der Waals surface area contributed by atoms with Gasteiger partial charge in [-0.15, -0.1) is 0 Å². The number of amides is 2. The number of hydrogen-bond acceptors (Lipinski definition) is 3. The van der Waals surface area contributed by atoms with Gasteiger partial charge in [0, 0.05) is 12.6 Å². The summed E-state index contributed by atoms with van der Waals surface area (Å²) in [7, 11) is 0. The van der Waals surface area contributed by atoms with E-state index >= 15 is 0 Å². The Labute approximate surface area is 119 Å². The monoisotopic (exact) mass is 300 g/mol. The molecule has 0 aliphatic carbocycles. The van der Waals surface area contributed by atoms with Gasteiger partial charge in [0.1, 0.15) is 11.6 Å². The van der Waals surface area contributed by atoms with Crippen molar-refractivity contribution >= 4 is 17.7 Å². The summed E-state index contributed by atoms with van der Waals surface area (Å²) in [6.07, 6.45) is 0.382. The molecule has 1 saturated heterocycles. The first-order valence-corrected chi connectivity index (χ1v) is 6.20. The maximum atomic E-state index is 13.6. The first kappa shape index (κ1) is 15.2. The second-order valence-corrected chi connectivity index (χ2v) is 5.22. The number of carbonyl (C=O) groups excluding carboxylic acids is 1. The number of urea groups is 1. The van der Waals surface area contributed by atoms with Crippen molar-refractivity contribution in [1.82, 2.24) is 4.90 Å². The molecule has 6 nitrogen and oxygen atoms in total. The number of carboxylic acid groups (broad SMARTS) is 1. The standard InChI is InChI=1S/C13H14F2N2O4/c1-13(21)2-3-17(6-13)12(20)16-10-4-7(11(18)19)8(14)5-9(10)15/h4-5,21H,2-3,6H2,1H3,(H,16,20)(H,18,19). The van der Waals surface area contributed by atoms with E-state index in [0.29, 0.717) is 12.5 Å². The second kappa shape index (κ2) is 5.28. The largest absolute Gasteiger partial charge is 0.478 e. The zero-order chi connectivity index (χ0) is 15.8. The molecule has 1 atom stereocenters. The van der Waals surface area contributed by atoms with Gasteiger partial charge in [0.2, 0.25) is 0 Å². The topological polar surface area (TPSA) is 89.9 Å². The fraction of sp³-hybridized carbons (Fsp3) is 0.385. The lowest BCUT2D eigenvalue weighted by atomic mass is 10.1. The Hall–Kier alpha value is -2.22. The lowest BCUT2D eigenvalue weighted by Gasteiger charge is -2.19. The molecule has 1 unspecified atom stereocenters. The summed E-state index contributed by atoms with van der Waals surface area (Å²) in [5.41, 5.74) is -2.17. The first-order valence-electron chi connectivity index (χ1n) is 6.20. The Balaban J connectivity index is 2.18. The number of anilines is 1. The van der Waals surface area contributed by atoms with Crippen LogP contribution in [-0.2, 0) is 0 Å². The molecule has 1 aliphatic heterocycles. The maximum Gasteiger partial charge on any atom is 0.338 e. The van der Waals surface area contributed by atoms with Crippen molar-refractivity contribution in [3.8, 4) is 0 Å². The number of carboxylic acids is 1. The van der Waals surface area contributed by atoms with E-state index in [1.54, 1.807) is 6.92 Å². The number of aromatic carboxylic acids is 1. The summed E-state index contributed by atoms with van der Waals surface area (Å²) in [6.45, 7) is 1.93. The summed E-state index contributed by atoms with van der Waals surface area (Å²) in [4.78, 5) is 24.0. The highest BCUT2D eigenvalue weighted by Crippen LogP contribution is 2.23. The Morgan fingerprint density at radius 3 is 2.52 bits per heavy atom. The van der Waals surface area contributed by atoms with E-state index in [1.165, 1.54) is 4.90 Å². The van der Waals surface area contributed by atoms with Gasteiger partial charge in [-0.1, -0.05) is 0 Å². The quantitative estimate of drug-likeness (QED) is 0.774. The summed E-state index contributed by atoms with van der Waals surface area (Å²) in [6, 6.07) is 0.438. The molecule has 21 heavy (non-hydrogen) atoms. The van der Waals surface area contributed by atoms with Crippen LogP contribution in [0.2, 0.25) is 0 Å². The smallest absolute Gasteiger partial charge is 0.338 e. The Kier molecular flexibility index (Phi) is 3.82. The van der Waals surface area contributed by atoms with Crippen LogP contribution in [0.25, 0.3) is 0 Å². The zero-order valence-electron chi connectivity index (χ0n) is 11.2. The van der Waals surface area contributed by atoms with Gasteiger partial charge in [-0.05, 0) is 19.4 Å². The minimum absolute atomic E-state index is 0.0768. The lowest BCUT2D eigenvalue weighted by molar-refractivity contribution is 0.0691. The van der Waals surface area contributed by atoms with Crippen molar-refractivity contribution in [3.63, 3.8) is 0 Å². The summed E-state index contributed by atoms with van der Waals surface area (Å²) in [5.74, 6) is -3.86. The molecule has 1 aromatic carbocycles. The number of aliphatic hydroxyl groups is 1. The molecule has 0 aromatic heterocycles. The van der Waals surface area contributed by atoms with E-state index in [1.807, 2.05) is 0 Å². The molecule has 0 spiro atoms. The van der Waals surface area contributed by atoms with Crippen molar-refractivity contribution in [2.24, 2.45) is 0 Å². The third-order valence-electron chi connectivity index (χ3n) is 3.27. The highest BCUT2D eigenvalue weighted by atomic mass is 19.1. The lowest BCUT2D eigenvalue weighted by Crippen LogP contribution is -2.36. The molecule has 0 radical (unpaired) electrons. The highest BCUT2D eigenvalue weighted by Gasteiger charge is 2.34. The predicted molar refractivity (Wildman–Crippen MR) is 69.1 cm³/mol. The molecule has 1 fully saturated rings. The van der Waals surface area contributed by atoms with Crippen LogP contribution in [0.3, 0.4) is 0 Å². The van der Waals surface area contributed by atoms with Gasteiger partial charge in [-0.2, -0.15) is 0 Å². The van der Waals surface area contributed by atoms with E-state index in [4.69, 9.17) is 5.11 Å². The molecular formula is C13H14F2N2O4. The Morgan fingerprint density at radius 1 is 1.33 bits per heavy atom. The van der Waals surface area contributed by atoms with Gasteiger partial charge >= 0.3 is 12.0 Å². The van der Waals surface area contributed by atoms with Crippen LogP contribution in [0.4, 0.5) is 19.3 Å². The van der Waals surface area contributed by atoms with E-state index in [-0.39, 0.29) is 13.1 Å². The van der Waals surface area contributed by atoms with Crippen molar-refractivity contribution in [2.45, 2.75) is 18.9 Å². The molecule has 1 aromatic rings. The molecule has 1 aliphatic rings. The molecule has 3 N–H and O–H groups in total. The van der Waals surface area contributed by atoms with Crippen molar-refractivity contribution in [3.05, 3.63) is 29.3 Å². The van der Waals surface area contributed by atoms with Crippen LogP contribution in [0.15, 0.2) is 12.1 Å². The molecule has 114 valence electrons. The summed E-state index contributed by atoms with van der Waals surface area (Å²) >= 11 is 0. The van der Waals surface area contributed by atoms with Crippen molar-refractivity contribution in [2.75, 3.05) is 18.4 Å². The number of nitrogens with one attached hydrogen (secondary N) is 1. The fourth-order valence-corrected chi connectivity index (χ4v) is 2.12. The number of nitrogens with zero attached hydrogens (tertiary/aromatic N) is 1. The number of halogens is 2. The predicted octanol–water partition coefficient (Wildman–Crippen LogP) is 1.65. The molecule has 2 rings (SSSR count). The molecule has 1 heterocycles. The average molecular weight is 300 g/mol. The SMILES string of the molecule is CC1(O)CCN(C(=O)Nc2cc(C(=O)O)c(F)cc2F)C1. The number of β-amino-alcohol motifs (C(OH)–C–C–N with tert-alkyl or cyclic N) is 1. The van der Waals surface area contributed by atoms with E-state index < -0.39 is 40.5 Å².